The molecule has 0 aromatic rings. The third-order valence-electron chi connectivity index (χ3n) is 4.08. The van der Waals surface area contributed by atoms with E-state index in [1.807, 2.05) is 0 Å². The third-order valence-corrected chi connectivity index (χ3v) is 4.08. The van der Waals surface area contributed by atoms with Crippen molar-refractivity contribution in [2.45, 2.75) is 96.2 Å². The van der Waals surface area contributed by atoms with E-state index < -0.39 is 12.1 Å². The molecule has 3 heteroatoms. The molecule has 0 radical (unpaired) electrons. The van der Waals surface area contributed by atoms with Gasteiger partial charge < -0.3 is 9.84 Å². The Morgan fingerprint density at radius 1 is 0.952 bits per heavy atom. The summed E-state index contributed by atoms with van der Waals surface area (Å²) in [6, 6.07) is 0. The van der Waals surface area contributed by atoms with E-state index in [9.17, 15) is 4.79 Å². The van der Waals surface area contributed by atoms with Gasteiger partial charge >= 0.3 is 5.97 Å². The minimum atomic E-state index is -0.821. The SMILES string of the molecule is CCCCCCCCCCC/C=C\CCC1OC1C(=O)O. The number of allylic oxidation sites excluding steroid dienone is 2. The summed E-state index contributed by atoms with van der Waals surface area (Å²) in [6.45, 7) is 2.26. The van der Waals surface area contributed by atoms with Crippen molar-refractivity contribution >= 4 is 5.97 Å². The van der Waals surface area contributed by atoms with Gasteiger partial charge in [-0.15, -0.1) is 0 Å². The molecular formula is C18H32O3. The van der Waals surface area contributed by atoms with Crippen LogP contribution in [-0.2, 0) is 9.53 Å². The maximum atomic E-state index is 10.6. The Bertz CT molecular complexity index is 299. The van der Waals surface area contributed by atoms with Crippen LogP contribution in [0.25, 0.3) is 0 Å². The van der Waals surface area contributed by atoms with Gasteiger partial charge in [0, 0.05) is 0 Å². The van der Waals surface area contributed by atoms with Crippen molar-refractivity contribution in [1.82, 2.24) is 0 Å². The molecule has 1 aliphatic rings. The van der Waals surface area contributed by atoms with Gasteiger partial charge in [0.05, 0.1) is 6.10 Å². The Morgan fingerprint density at radius 3 is 2.10 bits per heavy atom. The predicted molar refractivity (Wildman–Crippen MR) is 86.5 cm³/mol. The minimum Gasteiger partial charge on any atom is -0.479 e. The molecule has 0 spiro atoms. The van der Waals surface area contributed by atoms with Crippen molar-refractivity contribution in [1.29, 1.82) is 0 Å². The van der Waals surface area contributed by atoms with Crippen molar-refractivity contribution in [2.75, 3.05) is 0 Å². The molecule has 2 unspecified atom stereocenters. The molecule has 0 amide bonds. The molecule has 1 N–H and O–H groups in total. The molecule has 0 aliphatic carbocycles. The lowest BCUT2D eigenvalue weighted by Gasteiger charge is -2.00. The molecule has 1 rings (SSSR count). The minimum absolute atomic E-state index is 0.0418. The zero-order valence-corrected chi connectivity index (χ0v) is 13.6. The van der Waals surface area contributed by atoms with Crippen LogP contribution in [0.4, 0.5) is 0 Å². The number of ether oxygens (including phenoxy) is 1. The van der Waals surface area contributed by atoms with Crippen LogP contribution in [0.5, 0.6) is 0 Å². The number of hydrogen-bond donors (Lipinski definition) is 1. The van der Waals surface area contributed by atoms with Crippen molar-refractivity contribution in [2.24, 2.45) is 0 Å². The first kappa shape index (κ1) is 18.2. The number of aliphatic carboxylic acids is 1. The Labute approximate surface area is 129 Å². The second-order valence-electron chi connectivity index (χ2n) is 6.10. The molecule has 0 bridgehead atoms. The van der Waals surface area contributed by atoms with E-state index in [0.29, 0.717) is 0 Å². The summed E-state index contributed by atoms with van der Waals surface area (Å²) in [5, 5.41) is 8.68. The number of carboxylic acids is 1. The normalized spacial score (nSPS) is 21.0. The molecule has 1 aliphatic heterocycles. The lowest BCUT2D eigenvalue weighted by atomic mass is 10.1. The number of unbranched alkanes of at least 4 members (excludes halogenated alkanes) is 9. The fraction of sp³-hybridized carbons (Fsp3) is 0.833. The van der Waals surface area contributed by atoms with E-state index in [1.165, 1.54) is 57.8 Å². The predicted octanol–water partition coefficient (Wildman–Crippen LogP) is 5.10. The molecule has 122 valence electrons. The highest BCUT2D eigenvalue weighted by Gasteiger charge is 2.44. The highest BCUT2D eigenvalue weighted by atomic mass is 16.6. The summed E-state index contributed by atoms with van der Waals surface area (Å²) >= 11 is 0. The van der Waals surface area contributed by atoms with Gasteiger partial charge in [0.2, 0.25) is 0 Å². The number of hydrogen-bond acceptors (Lipinski definition) is 2. The number of rotatable bonds is 14. The van der Waals surface area contributed by atoms with Crippen molar-refractivity contribution in [3.63, 3.8) is 0 Å². The lowest BCUT2D eigenvalue weighted by Crippen LogP contribution is -2.07. The fourth-order valence-corrected chi connectivity index (χ4v) is 2.65. The van der Waals surface area contributed by atoms with E-state index in [2.05, 4.69) is 19.1 Å². The van der Waals surface area contributed by atoms with Gasteiger partial charge in [-0.25, -0.2) is 4.79 Å². The zero-order chi connectivity index (χ0) is 15.3. The van der Waals surface area contributed by atoms with E-state index in [4.69, 9.17) is 9.84 Å². The Morgan fingerprint density at radius 2 is 1.52 bits per heavy atom. The van der Waals surface area contributed by atoms with E-state index in [0.717, 1.165) is 19.3 Å². The van der Waals surface area contributed by atoms with Gasteiger partial charge in [-0.05, 0) is 25.7 Å². The number of carbonyl (C=O) groups is 1. The summed E-state index contributed by atoms with van der Waals surface area (Å²) < 4.78 is 5.05. The highest BCUT2D eigenvalue weighted by Crippen LogP contribution is 2.26. The summed E-state index contributed by atoms with van der Waals surface area (Å²) in [5.74, 6) is -0.821. The average molecular weight is 296 g/mol. The summed E-state index contributed by atoms with van der Waals surface area (Å²) in [4.78, 5) is 10.6. The molecule has 2 atom stereocenters. The van der Waals surface area contributed by atoms with Gasteiger partial charge in [-0.3, -0.25) is 0 Å². The van der Waals surface area contributed by atoms with Gasteiger partial charge in [0.1, 0.15) is 0 Å². The van der Waals surface area contributed by atoms with E-state index in [1.54, 1.807) is 0 Å². The molecule has 21 heavy (non-hydrogen) atoms. The first-order valence-corrected chi connectivity index (χ1v) is 8.79. The van der Waals surface area contributed by atoms with E-state index in [-0.39, 0.29) is 6.10 Å². The highest BCUT2D eigenvalue weighted by molar-refractivity contribution is 5.75. The van der Waals surface area contributed by atoms with Gasteiger partial charge in [0.15, 0.2) is 6.10 Å². The second kappa shape index (κ2) is 11.8. The quantitative estimate of drug-likeness (QED) is 0.276. The first-order chi connectivity index (χ1) is 10.3. The van der Waals surface area contributed by atoms with Crippen LogP contribution in [0.15, 0.2) is 12.2 Å². The second-order valence-corrected chi connectivity index (χ2v) is 6.10. The smallest absolute Gasteiger partial charge is 0.335 e. The zero-order valence-electron chi connectivity index (χ0n) is 13.6. The van der Waals surface area contributed by atoms with Crippen molar-refractivity contribution in [3.8, 4) is 0 Å². The van der Waals surface area contributed by atoms with Gasteiger partial charge in [0.25, 0.3) is 0 Å². The molecule has 0 aromatic carbocycles. The van der Waals surface area contributed by atoms with Crippen LogP contribution in [-0.4, -0.2) is 23.3 Å². The summed E-state index contributed by atoms with van der Waals surface area (Å²) in [6.07, 6.45) is 19.1. The topological polar surface area (TPSA) is 49.8 Å². The maximum Gasteiger partial charge on any atom is 0.335 e. The van der Waals surface area contributed by atoms with E-state index >= 15 is 0 Å². The summed E-state index contributed by atoms with van der Waals surface area (Å²) in [7, 11) is 0. The Hall–Kier alpha value is -0.830. The third kappa shape index (κ3) is 9.67. The van der Waals surface area contributed by atoms with Crippen LogP contribution < -0.4 is 0 Å². The Balaban J connectivity index is 1.76. The van der Waals surface area contributed by atoms with Crippen LogP contribution in [0.1, 0.15) is 84.0 Å². The van der Waals surface area contributed by atoms with Crippen LogP contribution >= 0.6 is 0 Å². The molecule has 0 saturated carbocycles. The van der Waals surface area contributed by atoms with Crippen LogP contribution in [0, 0.1) is 0 Å². The Kier molecular flexibility index (Phi) is 10.2. The van der Waals surface area contributed by atoms with Crippen molar-refractivity contribution in [3.05, 3.63) is 12.2 Å². The average Bonchev–Trinajstić information content (AvgIpc) is 3.24. The number of carboxylic acid groups (broad SMARTS) is 1. The molecule has 0 aromatic heterocycles. The molecule has 1 fully saturated rings. The van der Waals surface area contributed by atoms with Crippen molar-refractivity contribution < 1.29 is 14.6 Å². The standard InChI is InChI=1S/C18H32O3/c1-2-3-4-5-6-7-8-9-10-11-12-13-14-15-16-17(21-16)18(19)20/h12-13,16-17H,2-11,14-15H2,1H3,(H,19,20)/b13-12-. The monoisotopic (exact) mass is 296 g/mol. The largest absolute Gasteiger partial charge is 0.479 e. The fourth-order valence-electron chi connectivity index (χ4n) is 2.65. The van der Waals surface area contributed by atoms with Gasteiger partial charge in [-0.1, -0.05) is 70.4 Å². The summed E-state index contributed by atoms with van der Waals surface area (Å²) in [5.41, 5.74) is 0. The first-order valence-electron chi connectivity index (χ1n) is 8.79. The molecular weight excluding hydrogens is 264 g/mol. The molecule has 1 saturated heterocycles. The molecule has 1 heterocycles. The van der Waals surface area contributed by atoms with Crippen LogP contribution in [0.2, 0.25) is 0 Å². The lowest BCUT2D eigenvalue weighted by molar-refractivity contribution is -0.138. The molecule has 3 nitrogen and oxygen atoms in total. The maximum absolute atomic E-state index is 10.6. The van der Waals surface area contributed by atoms with Crippen LogP contribution in [0.3, 0.4) is 0 Å². The van der Waals surface area contributed by atoms with Gasteiger partial charge in [-0.2, -0.15) is 0 Å². The number of epoxide rings is 1.